The molecule has 3 rings (SSSR count). The predicted molar refractivity (Wildman–Crippen MR) is 97.9 cm³/mol. The van der Waals surface area contributed by atoms with Crippen LogP contribution >= 0.6 is 23.2 Å². The summed E-state index contributed by atoms with van der Waals surface area (Å²) in [7, 11) is 0. The van der Waals surface area contributed by atoms with Crippen LogP contribution in [-0.2, 0) is 4.74 Å². The number of aryl methyl sites for hydroxylation is 1. The third kappa shape index (κ3) is 3.86. The number of aliphatic imine (C=N–C) groups is 1. The van der Waals surface area contributed by atoms with Crippen molar-refractivity contribution in [2.24, 2.45) is 4.99 Å². The maximum Gasteiger partial charge on any atom is 0.0848 e. The van der Waals surface area contributed by atoms with Crippen LogP contribution in [0, 0.1) is 6.92 Å². The summed E-state index contributed by atoms with van der Waals surface area (Å²) in [6.45, 7) is 5.53. The van der Waals surface area contributed by atoms with Crippen LogP contribution in [0.1, 0.15) is 11.1 Å². The number of benzene rings is 2. The second-order valence-corrected chi connectivity index (χ2v) is 6.26. The van der Waals surface area contributed by atoms with E-state index in [4.69, 9.17) is 27.9 Å². The summed E-state index contributed by atoms with van der Waals surface area (Å²) >= 11 is 12.2. The summed E-state index contributed by atoms with van der Waals surface area (Å²) in [5.74, 6) is 0. The van der Waals surface area contributed by atoms with Crippen molar-refractivity contribution in [3.63, 3.8) is 0 Å². The minimum atomic E-state index is 0.480. The number of anilines is 1. The van der Waals surface area contributed by atoms with Gasteiger partial charge in [0.1, 0.15) is 0 Å². The zero-order valence-electron chi connectivity index (χ0n) is 12.9. The van der Waals surface area contributed by atoms with Crippen LogP contribution in [0.3, 0.4) is 0 Å². The van der Waals surface area contributed by atoms with Crippen molar-refractivity contribution in [2.45, 2.75) is 6.92 Å². The highest BCUT2D eigenvalue weighted by Gasteiger charge is 2.11. The Bertz CT molecular complexity index is 725. The molecule has 0 aromatic heterocycles. The second-order valence-electron chi connectivity index (χ2n) is 5.47. The summed E-state index contributed by atoms with van der Waals surface area (Å²) in [6.07, 6.45) is 1.83. The van der Waals surface area contributed by atoms with E-state index >= 15 is 0 Å². The van der Waals surface area contributed by atoms with Crippen molar-refractivity contribution in [2.75, 3.05) is 31.2 Å². The fraction of sp³-hybridized carbons (Fsp3) is 0.278. The lowest BCUT2D eigenvalue weighted by atomic mass is 10.1. The second kappa shape index (κ2) is 7.35. The van der Waals surface area contributed by atoms with Crippen LogP contribution in [0.5, 0.6) is 0 Å². The Morgan fingerprint density at radius 2 is 1.91 bits per heavy atom. The number of morpholine rings is 1. The lowest BCUT2D eigenvalue weighted by molar-refractivity contribution is 0.122. The first-order valence-corrected chi connectivity index (χ1v) is 8.32. The average molecular weight is 349 g/mol. The topological polar surface area (TPSA) is 24.8 Å². The average Bonchev–Trinajstić information content (AvgIpc) is 2.58. The highest BCUT2D eigenvalue weighted by molar-refractivity contribution is 6.43. The van der Waals surface area contributed by atoms with E-state index < -0.39 is 0 Å². The molecule has 0 N–H and O–H groups in total. The number of hydrogen-bond donors (Lipinski definition) is 0. The van der Waals surface area contributed by atoms with Gasteiger partial charge in [0.15, 0.2) is 0 Å². The van der Waals surface area contributed by atoms with Gasteiger partial charge in [-0.05, 0) is 42.3 Å². The molecule has 0 bridgehead atoms. The van der Waals surface area contributed by atoms with Gasteiger partial charge in [-0.15, -0.1) is 0 Å². The predicted octanol–water partition coefficient (Wildman–Crippen LogP) is 4.89. The van der Waals surface area contributed by atoms with Crippen molar-refractivity contribution in [3.8, 4) is 0 Å². The minimum absolute atomic E-state index is 0.480. The molecule has 1 aliphatic heterocycles. The Balaban J connectivity index is 1.80. The molecule has 0 amide bonds. The highest BCUT2D eigenvalue weighted by Crippen LogP contribution is 2.31. The zero-order chi connectivity index (χ0) is 16.2. The lowest BCUT2D eigenvalue weighted by Gasteiger charge is -2.29. The summed E-state index contributed by atoms with van der Waals surface area (Å²) in [6, 6.07) is 11.8. The smallest absolute Gasteiger partial charge is 0.0848 e. The van der Waals surface area contributed by atoms with Crippen molar-refractivity contribution in [1.29, 1.82) is 0 Å². The number of hydrogen-bond acceptors (Lipinski definition) is 3. The van der Waals surface area contributed by atoms with Crippen LogP contribution in [0.25, 0.3) is 0 Å². The molecule has 0 unspecified atom stereocenters. The number of nitrogens with zero attached hydrogens (tertiary/aromatic N) is 2. The maximum atomic E-state index is 6.16. The van der Waals surface area contributed by atoms with Crippen LogP contribution in [0.15, 0.2) is 41.4 Å². The third-order valence-electron chi connectivity index (χ3n) is 3.90. The van der Waals surface area contributed by atoms with E-state index in [2.05, 4.69) is 35.0 Å². The van der Waals surface area contributed by atoms with Crippen molar-refractivity contribution >= 4 is 40.8 Å². The number of halogens is 2. The summed E-state index contributed by atoms with van der Waals surface area (Å²) in [4.78, 5) is 6.80. The first-order valence-electron chi connectivity index (χ1n) is 7.56. The minimum Gasteiger partial charge on any atom is -0.378 e. The van der Waals surface area contributed by atoms with Crippen LogP contribution in [0.4, 0.5) is 11.4 Å². The molecule has 3 nitrogen and oxygen atoms in total. The Morgan fingerprint density at radius 1 is 1.13 bits per heavy atom. The van der Waals surface area contributed by atoms with Gasteiger partial charge in [-0.1, -0.05) is 35.3 Å². The van der Waals surface area contributed by atoms with Crippen LogP contribution in [-0.4, -0.2) is 32.5 Å². The number of rotatable bonds is 3. The van der Waals surface area contributed by atoms with Gasteiger partial charge in [0.25, 0.3) is 0 Å². The largest absolute Gasteiger partial charge is 0.378 e. The molecule has 2 aromatic rings. The molecule has 1 saturated heterocycles. The zero-order valence-corrected chi connectivity index (χ0v) is 14.4. The first-order chi connectivity index (χ1) is 11.1. The van der Waals surface area contributed by atoms with Gasteiger partial charge in [0, 0.05) is 25.0 Å². The molecule has 1 fully saturated rings. The van der Waals surface area contributed by atoms with Gasteiger partial charge in [-0.3, -0.25) is 4.99 Å². The molecule has 1 heterocycles. The standard InChI is InChI=1S/C18H18Cl2N2O/c1-13-11-15(22-7-9-23-10-8-22)6-5-14(13)12-21-17-4-2-3-16(19)18(17)20/h2-6,11-12H,7-10H2,1H3. The van der Waals surface area contributed by atoms with Gasteiger partial charge in [-0.25, -0.2) is 0 Å². The fourth-order valence-electron chi connectivity index (χ4n) is 2.55. The van der Waals surface area contributed by atoms with Crippen LogP contribution < -0.4 is 4.90 Å². The maximum absolute atomic E-state index is 6.16. The highest BCUT2D eigenvalue weighted by atomic mass is 35.5. The lowest BCUT2D eigenvalue weighted by Crippen LogP contribution is -2.36. The molecule has 0 radical (unpaired) electrons. The molecule has 23 heavy (non-hydrogen) atoms. The molecule has 0 spiro atoms. The molecule has 0 atom stereocenters. The van der Waals surface area contributed by atoms with E-state index in [9.17, 15) is 0 Å². The summed E-state index contributed by atoms with van der Waals surface area (Å²) < 4.78 is 5.40. The van der Waals surface area contributed by atoms with Crippen molar-refractivity contribution in [3.05, 3.63) is 57.6 Å². The van der Waals surface area contributed by atoms with Gasteiger partial charge in [0.05, 0.1) is 28.9 Å². The molecule has 0 aliphatic carbocycles. The van der Waals surface area contributed by atoms with Gasteiger partial charge >= 0.3 is 0 Å². The third-order valence-corrected chi connectivity index (χ3v) is 4.71. The van der Waals surface area contributed by atoms with E-state index in [1.54, 1.807) is 6.07 Å². The van der Waals surface area contributed by atoms with E-state index in [0.29, 0.717) is 15.7 Å². The van der Waals surface area contributed by atoms with E-state index in [0.717, 1.165) is 31.9 Å². The van der Waals surface area contributed by atoms with Gasteiger partial charge in [0.2, 0.25) is 0 Å². The first kappa shape index (κ1) is 16.3. The Kier molecular flexibility index (Phi) is 5.21. The Labute approximate surface area is 146 Å². The molecule has 2 aromatic carbocycles. The van der Waals surface area contributed by atoms with Crippen LogP contribution in [0.2, 0.25) is 10.0 Å². The summed E-state index contributed by atoms with van der Waals surface area (Å²) in [5, 5.41) is 0.994. The van der Waals surface area contributed by atoms with E-state index in [1.807, 2.05) is 18.3 Å². The number of ether oxygens (including phenoxy) is 1. The Hall–Kier alpha value is -1.55. The SMILES string of the molecule is Cc1cc(N2CCOCC2)ccc1C=Nc1cccc(Cl)c1Cl. The van der Waals surface area contributed by atoms with Crippen molar-refractivity contribution < 1.29 is 4.74 Å². The normalized spacial score (nSPS) is 15.3. The van der Waals surface area contributed by atoms with Gasteiger partial charge in [-0.2, -0.15) is 0 Å². The van der Waals surface area contributed by atoms with Gasteiger partial charge < -0.3 is 9.64 Å². The monoisotopic (exact) mass is 348 g/mol. The molecular formula is C18H18Cl2N2O. The molecule has 5 heteroatoms. The summed E-state index contributed by atoms with van der Waals surface area (Å²) in [5.41, 5.74) is 4.15. The molecule has 1 aliphatic rings. The fourth-order valence-corrected chi connectivity index (χ4v) is 2.90. The van der Waals surface area contributed by atoms with E-state index in [1.165, 1.54) is 11.3 Å². The Morgan fingerprint density at radius 3 is 2.65 bits per heavy atom. The van der Waals surface area contributed by atoms with Crippen molar-refractivity contribution in [1.82, 2.24) is 0 Å². The molecular weight excluding hydrogens is 331 g/mol. The quantitative estimate of drug-likeness (QED) is 0.737. The molecule has 120 valence electrons. The van der Waals surface area contributed by atoms with E-state index in [-0.39, 0.29) is 0 Å². The molecule has 0 saturated carbocycles.